The first-order valence-corrected chi connectivity index (χ1v) is 6.19. The summed E-state index contributed by atoms with van der Waals surface area (Å²) in [4.78, 5) is 15.1. The monoisotopic (exact) mass is 299 g/mol. The van der Waals surface area contributed by atoms with Gasteiger partial charge in [-0.3, -0.25) is 4.98 Å². The highest BCUT2D eigenvalue weighted by atomic mass is 19.4. The normalized spacial score (nSPS) is 11.6. The number of aromatic carboxylic acids is 1. The Balaban J connectivity index is 2.23. The number of aromatic nitrogens is 1. The lowest BCUT2D eigenvalue weighted by Gasteiger charge is -2.12. The molecule has 1 aromatic carbocycles. The molecule has 2 rings (SSSR count). The zero-order valence-electron chi connectivity index (χ0n) is 10.9. The van der Waals surface area contributed by atoms with Gasteiger partial charge in [-0.15, -0.1) is 0 Å². The van der Waals surface area contributed by atoms with Gasteiger partial charge in [0.25, 0.3) is 0 Å². The smallest absolute Gasteiger partial charge is 0.389 e. The zero-order chi connectivity index (χ0) is 15.5. The van der Waals surface area contributed by atoms with Crippen LogP contribution < -0.4 is 4.74 Å². The molecule has 0 aliphatic heterocycles. The average Bonchev–Trinajstić information content (AvgIpc) is 2.42. The van der Waals surface area contributed by atoms with Gasteiger partial charge in [0.15, 0.2) is 0 Å². The molecular weight excluding hydrogens is 287 g/mol. The fourth-order valence-corrected chi connectivity index (χ4v) is 1.87. The number of alkyl halides is 3. The van der Waals surface area contributed by atoms with Crippen LogP contribution in [-0.2, 0) is 0 Å². The zero-order valence-corrected chi connectivity index (χ0v) is 10.9. The van der Waals surface area contributed by atoms with Crippen molar-refractivity contribution >= 4 is 16.9 Å². The van der Waals surface area contributed by atoms with E-state index in [0.717, 1.165) is 6.20 Å². The van der Waals surface area contributed by atoms with E-state index in [1.54, 1.807) is 24.3 Å². The van der Waals surface area contributed by atoms with E-state index < -0.39 is 18.6 Å². The van der Waals surface area contributed by atoms with Crippen LogP contribution in [0.4, 0.5) is 13.2 Å². The van der Waals surface area contributed by atoms with Gasteiger partial charge in [-0.2, -0.15) is 13.2 Å². The van der Waals surface area contributed by atoms with Gasteiger partial charge in [0.1, 0.15) is 11.3 Å². The third-order valence-corrected chi connectivity index (χ3v) is 2.81. The number of benzene rings is 1. The number of ether oxygens (including phenoxy) is 1. The molecule has 0 saturated heterocycles. The standard InChI is InChI=1S/C14H12F3NO3/c15-14(16,17)6-3-7-21-12-9-4-1-2-5-11(9)18-8-10(12)13(19)20/h1-2,4-5,8H,3,6-7H2,(H,19,20). The molecule has 1 heterocycles. The van der Waals surface area contributed by atoms with Crippen LogP contribution >= 0.6 is 0 Å². The molecule has 0 atom stereocenters. The van der Waals surface area contributed by atoms with E-state index in [1.807, 2.05) is 0 Å². The van der Waals surface area contributed by atoms with Crippen molar-refractivity contribution in [2.45, 2.75) is 19.0 Å². The number of para-hydroxylation sites is 1. The van der Waals surface area contributed by atoms with Crippen LogP contribution in [0.1, 0.15) is 23.2 Å². The highest BCUT2D eigenvalue weighted by Crippen LogP contribution is 2.29. The molecule has 0 spiro atoms. The summed E-state index contributed by atoms with van der Waals surface area (Å²) < 4.78 is 41.5. The van der Waals surface area contributed by atoms with Crippen molar-refractivity contribution in [3.8, 4) is 5.75 Å². The second-order valence-electron chi connectivity index (χ2n) is 4.39. The van der Waals surface area contributed by atoms with Crippen molar-refractivity contribution in [3.05, 3.63) is 36.0 Å². The van der Waals surface area contributed by atoms with E-state index in [-0.39, 0.29) is 24.3 Å². The fraction of sp³-hybridized carbons (Fsp3) is 0.286. The van der Waals surface area contributed by atoms with Crippen molar-refractivity contribution in [1.82, 2.24) is 4.98 Å². The molecular formula is C14H12F3NO3. The number of carboxylic acid groups (broad SMARTS) is 1. The molecule has 7 heteroatoms. The summed E-state index contributed by atoms with van der Waals surface area (Å²) in [5.41, 5.74) is 0.356. The largest absolute Gasteiger partial charge is 0.492 e. The number of rotatable bonds is 5. The minimum Gasteiger partial charge on any atom is -0.492 e. The Hall–Kier alpha value is -2.31. The van der Waals surface area contributed by atoms with Crippen molar-refractivity contribution < 1.29 is 27.8 Å². The number of carbonyl (C=O) groups is 1. The molecule has 0 radical (unpaired) electrons. The SMILES string of the molecule is O=C(O)c1cnc2ccccc2c1OCCCC(F)(F)F. The summed E-state index contributed by atoms with van der Waals surface area (Å²) in [7, 11) is 0. The average molecular weight is 299 g/mol. The number of nitrogens with zero attached hydrogens (tertiary/aromatic N) is 1. The molecule has 1 aromatic heterocycles. The van der Waals surface area contributed by atoms with Crippen LogP contribution in [0.25, 0.3) is 10.9 Å². The maximum absolute atomic E-state index is 12.1. The van der Waals surface area contributed by atoms with Gasteiger partial charge in [-0.05, 0) is 18.6 Å². The van der Waals surface area contributed by atoms with Gasteiger partial charge in [0.05, 0.1) is 12.1 Å². The lowest BCUT2D eigenvalue weighted by atomic mass is 10.1. The van der Waals surface area contributed by atoms with E-state index in [0.29, 0.717) is 10.9 Å². The summed E-state index contributed by atoms with van der Waals surface area (Å²) in [5.74, 6) is -1.19. The summed E-state index contributed by atoms with van der Waals surface area (Å²) in [6.45, 7) is -0.214. The Morgan fingerprint density at radius 1 is 1.29 bits per heavy atom. The van der Waals surface area contributed by atoms with Gasteiger partial charge >= 0.3 is 12.1 Å². The van der Waals surface area contributed by atoms with E-state index in [9.17, 15) is 18.0 Å². The van der Waals surface area contributed by atoms with E-state index in [4.69, 9.17) is 9.84 Å². The Morgan fingerprint density at radius 3 is 2.67 bits per heavy atom. The number of fused-ring (bicyclic) bond motifs is 1. The van der Waals surface area contributed by atoms with E-state index in [1.165, 1.54) is 0 Å². The molecule has 0 unspecified atom stereocenters. The molecule has 0 fully saturated rings. The predicted molar refractivity (Wildman–Crippen MR) is 69.5 cm³/mol. The van der Waals surface area contributed by atoms with E-state index >= 15 is 0 Å². The highest BCUT2D eigenvalue weighted by molar-refractivity contribution is 5.98. The number of carboxylic acids is 1. The lowest BCUT2D eigenvalue weighted by Crippen LogP contribution is -2.11. The molecule has 0 bridgehead atoms. The van der Waals surface area contributed by atoms with Crippen LogP contribution in [0, 0.1) is 0 Å². The minimum absolute atomic E-state index is 0.0512. The number of pyridine rings is 1. The van der Waals surface area contributed by atoms with Gasteiger partial charge in [-0.25, -0.2) is 4.79 Å². The Morgan fingerprint density at radius 2 is 2.00 bits per heavy atom. The first-order chi connectivity index (χ1) is 9.88. The fourth-order valence-electron chi connectivity index (χ4n) is 1.87. The summed E-state index contributed by atoms with van der Waals surface area (Å²) in [6.07, 6.45) is -4.32. The number of hydrogen-bond acceptors (Lipinski definition) is 3. The van der Waals surface area contributed by atoms with Crippen LogP contribution in [-0.4, -0.2) is 28.8 Å². The van der Waals surface area contributed by atoms with Crippen LogP contribution in [0.5, 0.6) is 5.75 Å². The number of hydrogen-bond donors (Lipinski definition) is 1. The molecule has 0 saturated carbocycles. The second-order valence-corrected chi connectivity index (χ2v) is 4.39. The van der Waals surface area contributed by atoms with Crippen LogP contribution in [0.2, 0.25) is 0 Å². The summed E-state index contributed by atoms with van der Waals surface area (Å²) in [5, 5.41) is 9.57. The van der Waals surface area contributed by atoms with Crippen molar-refractivity contribution in [2.75, 3.05) is 6.61 Å². The summed E-state index contributed by atoms with van der Waals surface area (Å²) in [6, 6.07) is 6.69. The van der Waals surface area contributed by atoms with Gasteiger partial charge < -0.3 is 9.84 Å². The minimum atomic E-state index is -4.25. The highest BCUT2D eigenvalue weighted by Gasteiger charge is 2.26. The second kappa shape index (κ2) is 5.99. The predicted octanol–water partition coefficient (Wildman–Crippen LogP) is 3.65. The summed E-state index contributed by atoms with van der Waals surface area (Å²) >= 11 is 0. The Labute approximate surface area is 118 Å². The molecule has 2 aromatic rings. The third-order valence-electron chi connectivity index (χ3n) is 2.81. The molecule has 112 valence electrons. The topological polar surface area (TPSA) is 59.4 Å². The van der Waals surface area contributed by atoms with Crippen molar-refractivity contribution in [2.24, 2.45) is 0 Å². The molecule has 4 nitrogen and oxygen atoms in total. The van der Waals surface area contributed by atoms with Crippen molar-refractivity contribution in [1.29, 1.82) is 0 Å². The Kier molecular flexibility index (Phi) is 4.30. The first-order valence-electron chi connectivity index (χ1n) is 6.19. The lowest BCUT2D eigenvalue weighted by molar-refractivity contribution is -0.136. The van der Waals surface area contributed by atoms with Gasteiger partial charge in [-0.1, -0.05) is 12.1 Å². The van der Waals surface area contributed by atoms with Gasteiger partial charge in [0.2, 0.25) is 0 Å². The quantitative estimate of drug-likeness (QED) is 0.856. The number of halogens is 3. The molecule has 0 aliphatic rings. The van der Waals surface area contributed by atoms with E-state index in [2.05, 4.69) is 4.98 Å². The first kappa shape index (κ1) is 15.1. The molecule has 1 N–H and O–H groups in total. The molecule has 0 amide bonds. The van der Waals surface area contributed by atoms with Gasteiger partial charge in [0, 0.05) is 18.0 Å². The molecule has 21 heavy (non-hydrogen) atoms. The van der Waals surface area contributed by atoms with Crippen molar-refractivity contribution in [3.63, 3.8) is 0 Å². The third kappa shape index (κ3) is 3.84. The van der Waals surface area contributed by atoms with Crippen LogP contribution in [0.15, 0.2) is 30.5 Å². The van der Waals surface area contributed by atoms with Crippen LogP contribution in [0.3, 0.4) is 0 Å². The molecule has 0 aliphatic carbocycles. The Bertz CT molecular complexity index is 655. The maximum atomic E-state index is 12.1. The maximum Gasteiger partial charge on any atom is 0.389 e.